The van der Waals surface area contributed by atoms with Gasteiger partial charge in [-0.05, 0) is 12.8 Å². The molecule has 9 nitrogen and oxygen atoms in total. The van der Waals surface area contributed by atoms with Crippen LogP contribution in [-0.4, -0.2) is 64.8 Å². The van der Waals surface area contributed by atoms with Gasteiger partial charge in [-0.2, -0.15) is 9.90 Å². The van der Waals surface area contributed by atoms with Crippen molar-refractivity contribution in [2.45, 2.75) is 25.4 Å². The van der Waals surface area contributed by atoms with Crippen molar-refractivity contribution in [2.75, 3.05) is 24.1 Å². The van der Waals surface area contributed by atoms with E-state index in [4.69, 9.17) is 0 Å². The molecule has 10 heteroatoms. The molecule has 2 heterocycles. The average Bonchev–Trinajstić information content (AvgIpc) is 2.95. The van der Waals surface area contributed by atoms with Gasteiger partial charge in [0, 0.05) is 6.54 Å². The minimum absolute atomic E-state index is 0.0564. The van der Waals surface area contributed by atoms with Gasteiger partial charge in [-0.25, -0.2) is 8.42 Å². The van der Waals surface area contributed by atoms with E-state index in [9.17, 15) is 18.3 Å². The second kappa shape index (κ2) is 5.75. The van der Waals surface area contributed by atoms with E-state index >= 15 is 0 Å². The Morgan fingerprint density at radius 3 is 3.00 bits per heavy atom. The summed E-state index contributed by atoms with van der Waals surface area (Å²) in [5.41, 5.74) is 0. The Balaban J connectivity index is 1.98. The summed E-state index contributed by atoms with van der Waals surface area (Å²) in [7, 11) is -3.41. The molecule has 0 spiro atoms. The van der Waals surface area contributed by atoms with Gasteiger partial charge in [-0.15, -0.1) is 5.10 Å². The van der Waals surface area contributed by atoms with Crippen LogP contribution in [0.25, 0.3) is 0 Å². The van der Waals surface area contributed by atoms with Crippen LogP contribution in [0.5, 0.6) is 0 Å². The number of carbonyl (C=O) groups is 1. The fourth-order valence-corrected chi connectivity index (χ4v) is 2.65. The topological polar surface area (TPSA) is 117 Å². The second-order valence-corrected chi connectivity index (χ2v) is 6.45. The van der Waals surface area contributed by atoms with Crippen molar-refractivity contribution < 1.29 is 18.3 Å². The number of aliphatic hydroxyl groups excluding tert-OH is 1. The molecule has 1 aliphatic rings. The molecule has 1 atom stereocenters. The summed E-state index contributed by atoms with van der Waals surface area (Å²) in [5.74, 6) is -0.122. The predicted octanol–water partition coefficient (Wildman–Crippen LogP) is -1.37. The average molecular weight is 303 g/mol. The summed E-state index contributed by atoms with van der Waals surface area (Å²) in [6.45, 7) is 0.473. The molecule has 0 saturated carbocycles. The molecule has 1 saturated heterocycles. The van der Waals surface area contributed by atoms with Crippen LogP contribution in [0.4, 0.5) is 5.82 Å². The minimum Gasteiger partial charge on any atom is -0.394 e. The fraction of sp³-hybridized carbons (Fsp3) is 0.700. The van der Waals surface area contributed by atoms with Gasteiger partial charge in [-0.3, -0.25) is 9.52 Å². The molecule has 2 N–H and O–H groups in total. The van der Waals surface area contributed by atoms with Crippen LogP contribution in [0, 0.1) is 0 Å². The quantitative estimate of drug-likeness (QED) is 0.693. The fourth-order valence-electron chi connectivity index (χ4n) is 2.18. The number of likely N-dealkylation sites (tertiary alicyclic amines) is 1. The van der Waals surface area contributed by atoms with Crippen LogP contribution in [0.15, 0.2) is 6.20 Å². The molecular weight excluding hydrogens is 286 g/mol. The SMILES string of the molecule is CS(=O)(=O)Nc1cnn(CC(=O)N2CCCC2CO)n1. The molecule has 0 aromatic carbocycles. The van der Waals surface area contributed by atoms with E-state index in [2.05, 4.69) is 14.9 Å². The van der Waals surface area contributed by atoms with Crippen LogP contribution >= 0.6 is 0 Å². The van der Waals surface area contributed by atoms with Crippen molar-refractivity contribution in [3.05, 3.63) is 6.20 Å². The number of sulfonamides is 1. The molecule has 20 heavy (non-hydrogen) atoms. The number of nitrogens with zero attached hydrogens (tertiary/aromatic N) is 4. The summed E-state index contributed by atoms with van der Waals surface area (Å²) in [4.78, 5) is 14.8. The molecule has 1 aromatic rings. The van der Waals surface area contributed by atoms with Gasteiger partial charge in [0.2, 0.25) is 15.9 Å². The summed E-state index contributed by atoms with van der Waals surface area (Å²) < 4.78 is 24.2. The van der Waals surface area contributed by atoms with Crippen molar-refractivity contribution >= 4 is 21.7 Å². The lowest BCUT2D eigenvalue weighted by molar-refractivity contribution is -0.133. The number of carbonyl (C=O) groups excluding carboxylic acids is 1. The molecule has 0 aliphatic carbocycles. The number of rotatable bonds is 5. The molecule has 2 rings (SSSR count). The van der Waals surface area contributed by atoms with Gasteiger partial charge in [0.05, 0.1) is 25.1 Å². The Bertz CT molecular complexity index is 584. The summed E-state index contributed by atoms with van der Waals surface area (Å²) in [6.07, 6.45) is 3.90. The predicted molar refractivity (Wildman–Crippen MR) is 70.3 cm³/mol. The maximum atomic E-state index is 12.1. The van der Waals surface area contributed by atoms with Crippen molar-refractivity contribution in [1.29, 1.82) is 0 Å². The van der Waals surface area contributed by atoms with Crippen molar-refractivity contribution in [1.82, 2.24) is 19.9 Å². The summed E-state index contributed by atoms with van der Waals surface area (Å²) >= 11 is 0. The Kier molecular flexibility index (Phi) is 4.23. The van der Waals surface area contributed by atoms with Gasteiger partial charge in [-0.1, -0.05) is 0 Å². The van der Waals surface area contributed by atoms with Crippen LogP contribution in [-0.2, 0) is 21.4 Å². The molecule has 1 aromatic heterocycles. The highest BCUT2D eigenvalue weighted by Crippen LogP contribution is 2.17. The molecule has 112 valence electrons. The Hall–Kier alpha value is -1.68. The van der Waals surface area contributed by atoms with Crippen LogP contribution in [0.3, 0.4) is 0 Å². The lowest BCUT2D eigenvalue weighted by atomic mass is 10.2. The third-order valence-electron chi connectivity index (χ3n) is 3.01. The van der Waals surface area contributed by atoms with Crippen molar-refractivity contribution in [2.24, 2.45) is 0 Å². The molecule has 1 aliphatic heterocycles. The minimum atomic E-state index is -3.41. The highest BCUT2D eigenvalue weighted by atomic mass is 32.2. The number of anilines is 1. The van der Waals surface area contributed by atoms with Crippen LogP contribution in [0.2, 0.25) is 0 Å². The number of hydrogen-bond donors (Lipinski definition) is 2. The smallest absolute Gasteiger partial charge is 0.246 e. The number of hydrogen-bond acceptors (Lipinski definition) is 6. The Morgan fingerprint density at radius 1 is 1.60 bits per heavy atom. The van der Waals surface area contributed by atoms with E-state index in [1.165, 1.54) is 6.20 Å². The Morgan fingerprint density at radius 2 is 2.35 bits per heavy atom. The van der Waals surface area contributed by atoms with Crippen molar-refractivity contribution in [3.63, 3.8) is 0 Å². The van der Waals surface area contributed by atoms with E-state index in [-0.39, 0.29) is 30.9 Å². The number of nitrogens with one attached hydrogen (secondary N) is 1. The third kappa shape index (κ3) is 3.67. The first-order valence-corrected chi connectivity index (χ1v) is 8.06. The van der Waals surface area contributed by atoms with Gasteiger partial charge >= 0.3 is 0 Å². The highest BCUT2D eigenvalue weighted by molar-refractivity contribution is 7.92. The van der Waals surface area contributed by atoms with Crippen molar-refractivity contribution in [3.8, 4) is 0 Å². The van der Waals surface area contributed by atoms with Gasteiger partial charge in [0.15, 0.2) is 5.82 Å². The first kappa shape index (κ1) is 14.7. The zero-order chi connectivity index (χ0) is 14.8. The molecule has 1 unspecified atom stereocenters. The van der Waals surface area contributed by atoms with E-state index in [1.54, 1.807) is 4.90 Å². The van der Waals surface area contributed by atoms with E-state index in [0.717, 1.165) is 23.9 Å². The molecule has 1 amide bonds. The first-order valence-electron chi connectivity index (χ1n) is 6.17. The number of aromatic nitrogens is 3. The maximum Gasteiger partial charge on any atom is 0.246 e. The molecular formula is C10H17N5O4S. The highest BCUT2D eigenvalue weighted by Gasteiger charge is 2.28. The standard InChI is InChI=1S/C10H17N5O4S/c1-20(18,19)13-9-5-11-15(12-9)6-10(17)14-4-2-3-8(14)7-16/h5,8,16H,2-4,6-7H2,1H3,(H,12,13). The maximum absolute atomic E-state index is 12.1. The molecule has 0 radical (unpaired) electrons. The number of aliphatic hydroxyl groups is 1. The Labute approximate surface area is 116 Å². The summed E-state index contributed by atoms with van der Waals surface area (Å²) in [6, 6.07) is -0.147. The van der Waals surface area contributed by atoms with E-state index in [0.29, 0.717) is 6.54 Å². The van der Waals surface area contributed by atoms with E-state index in [1.807, 2.05) is 0 Å². The van der Waals surface area contributed by atoms with Crippen LogP contribution < -0.4 is 4.72 Å². The van der Waals surface area contributed by atoms with Gasteiger partial charge < -0.3 is 10.0 Å². The normalized spacial score (nSPS) is 19.3. The molecule has 1 fully saturated rings. The lowest BCUT2D eigenvalue weighted by Crippen LogP contribution is -2.39. The largest absolute Gasteiger partial charge is 0.394 e. The second-order valence-electron chi connectivity index (χ2n) is 4.70. The summed E-state index contributed by atoms with van der Waals surface area (Å²) in [5, 5.41) is 16.9. The number of amides is 1. The zero-order valence-corrected chi connectivity index (χ0v) is 11.9. The van der Waals surface area contributed by atoms with E-state index < -0.39 is 10.0 Å². The van der Waals surface area contributed by atoms with Gasteiger partial charge in [0.25, 0.3) is 0 Å². The van der Waals surface area contributed by atoms with Gasteiger partial charge in [0.1, 0.15) is 6.54 Å². The third-order valence-corrected chi connectivity index (χ3v) is 3.59. The molecule has 0 bridgehead atoms. The van der Waals surface area contributed by atoms with Crippen LogP contribution in [0.1, 0.15) is 12.8 Å². The monoisotopic (exact) mass is 303 g/mol. The first-order chi connectivity index (χ1) is 9.39. The zero-order valence-electron chi connectivity index (χ0n) is 11.1. The lowest BCUT2D eigenvalue weighted by Gasteiger charge is -2.22.